The smallest absolute Gasteiger partial charge is 0.260 e. The molecule has 8 heteroatoms. The number of ketones is 1. The van der Waals surface area contributed by atoms with E-state index in [4.69, 9.17) is 0 Å². The third-order valence-corrected chi connectivity index (χ3v) is 8.49. The molecule has 1 aromatic carbocycles. The van der Waals surface area contributed by atoms with E-state index in [0.29, 0.717) is 10.7 Å². The van der Waals surface area contributed by atoms with Crippen molar-refractivity contribution < 1.29 is 4.79 Å². The van der Waals surface area contributed by atoms with Gasteiger partial charge in [0, 0.05) is 25.4 Å². The zero-order chi connectivity index (χ0) is 19.2. The van der Waals surface area contributed by atoms with Crippen molar-refractivity contribution in [2.24, 2.45) is 0 Å². The standard InChI is InChI=1S/C19H17BrN2O2S3/c1-19(2)7-12-14(9-26-19)27-17-15(12)16(24)21-18(22-17)25-8-13(23)10-3-5-11(20)6-4-10/h3-6H,7-9H2,1-2H3,(H,21,22,24). The second-order valence-electron chi connectivity index (χ2n) is 7.00. The van der Waals surface area contributed by atoms with Gasteiger partial charge in [0.25, 0.3) is 5.56 Å². The average molecular weight is 481 g/mol. The number of rotatable bonds is 4. The summed E-state index contributed by atoms with van der Waals surface area (Å²) < 4.78 is 1.07. The fraction of sp³-hybridized carbons (Fsp3) is 0.316. The maximum atomic E-state index is 12.7. The van der Waals surface area contributed by atoms with Crippen LogP contribution in [0.5, 0.6) is 0 Å². The number of thiophene rings is 1. The van der Waals surface area contributed by atoms with E-state index in [1.54, 1.807) is 23.5 Å². The number of halogens is 1. The largest absolute Gasteiger partial charge is 0.301 e. The highest BCUT2D eigenvalue weighted by atomic mass is 79.9. The van der Waals surface area contributed by atoms with Crippen LogP contribution in [0.15, 0.2) is 38.7 Å². The second kappa shape index (κ2) is 7.39. The van der Waals surface area contributed by atoms with Gasteiger partial charge in [-0.2, -0.15) is 0 Å². The molecule has 0 saturated heterocycles. The zero-order valence-electron chi connectivity index (χ0n) is 14.8. The number of Topliss-reactive ketones (excluding diaryl/α,β-unsaturated/α-hetero) is 1. The molecule has 0 unspecified atom stereocenters. The summed E-state index contributed by atoms with van der Waals surface area (Å²) >= 11 is 8.17. The van der Waals surface area contributed by atoms with Gasteiger partial charge in [-0.15, -0.1) is 23.1 Å². The Morgan fingerprint density at radius 3 is 2.81 bits per heavy atom. The summed E-state index contributed by atoms with van der Waals surface area (Å²) in [5, 5.41) is 1.23. The lowest BCUT2D eigenvalue weighted by atomic mass is 10.00. The van der Waals surface area contributed by atoms with Crippen LogP contribution in [0.2, 0.25) is 0 Å². The molecular weight excluding hydrogens is 464 g/mol. The quantitative estimate of drug-likeness (QED) is 0.312. The van der Waals surface area contributed by atoms with Crippen molar-refractivity contribution in [3.05, 3.63) is 55.1 Å². The van der Waals surface area contributed by atoms with Gasteiger partial charge in [-0.1, -0.05) is 53.7 Å². The predicted octanol–water partition coefficient (Wildman–Crippen LogP) is 5.29. The SMILES string of the molecule is CC1(C)Cc2c(sc3nc(SCC(=O)c4ccc(Br)cc4)[nH]c(=O)c23)CS1. The highest BCUT2D eigenvalue weighted by Crippen LogP contribution is 2.43. The summed E-state index contributed by atoms with van der Waals surface area (Å²) in [4.78, 5) is 34.6. The molecule has 3 aromatic rings. The van der Waals surface area contributed by atoms with Crippen LogP contribution in [0.3, 0.4) is 0 Å². The van der Waals surface area contributed by atoms with E-state index in [1.165, 1.54) is 16.6 Å². The van der Waals surface area contributed by atoms with Crippen molar-refractivity contribution in [2.75, 3.05) is 5.75 Å². The molecule has 0 fully saturated rings. The normalized spacial score (nSPS) is 15.7. The van der Waals surface area contributed by atoms with Gasteiger partial charge in [0.05, 0.1) is 11.1 Å². The monoisotopic (exact) mass is 480 g/mol. The van der Waals surface area contributed by atoms with Gasteiger partial charge < -0.3 is 4.98 Å². The minimum atomic E-state index is -0.0983. The average Bonchev–Trinajstić information content (AvgIpc) is 2.97. The number of thioether (sulfide) groups is 2. The number of hydrogen-bond donors (Lipinski definition) is 1. The Morgan fingerprint density at radius 1 is 1.33 bits per heavy atom. The van der Waals surface area contributed by atoms with Crippen molar-refractivity contribution in [1.29, 1.82) is 0 Å². The van der Waals surface area contributed by atoms with E-state index < -0.39 is 0 Å². The fourth-order valence-electron chi connectivity index (χ4n) is 3.05. The van der Waals surface area contributed by atoms with Gasteiger partial charge in [-0.25, -0.2) is 4.98 Å². The number of aromatic amines is 1. The number of carbonyl (C=O) groups excluding carboxylic acids is 1. The topological polar surface area (TPSA) is 62.8 Å². The maximum absolute atomic E-state index is 12.7. The van der Waals surface area contributed by atoms with Crippen LogP contribution in [0.4, 0.5) is 0 Å². The van der Waals surface area contributed by atoms with E-state index in [2.05, 4.69) is 39.7 Å². The van der Waals surface area contributed by atoms with Gasteiger partial charge in [0.1, 0.15) is 4.83 Å². The molecule has 1 aliphatic rings. The van der Waals surface area contributed by atoms with Crippen molar-refractivity contribution >= 4 is 66.8 Å². The highest BCUT2D eigenvalue weighted by molar-refractivity contribution is 9.10. The van der Waals surface area contributed by atoms with Gasteiger partial charge in [-0.3, -0.25) is 9.59 Å². The summed E-state index contributed by atoms with van der Waals surface area (Å²) in [6, 6.07) is 7.28. The summed E-state index contributed by atoms with van der Waals surface area (Å²) in [5.41, 5.74) is 1.70. The number of fused-ring (bicyclic) bond motifs is 3. The first-order chi connectivity index (χ1) is 12.8. The first-order valence-electron chi connectivity index (χ1n) is 8.42. The third kappa shape index (κ3) is 4.04. The molecule has 27 heavy (non-hydrogen) atoms. The number of nitrogens with one attached hydrogen (secondary N) is 1. The number of benzene rings is 1. The molecule has 140 valence electrons. The van der Waals surface area contributed by atoms with Crippen LogP contribution >= 0.6 is 50.8 Å². The first kappa shape index (κ1) is 19.2. The second-order valence-corrected chi connectivity index (χ2v) is 11.6. The number of carbonyl (C=O) groups is 1. The Labute approximate surface area is 177 Å². The molecule has 2 aromatic heterocycles. The van der Waals surface area contributed by atoms with Crippen molar-refractivity contribution in [3.8, 4) is 0 Å². The van der Waals surface area contributed by atoms with Crippen LogP contribution < -0.4 is 5.56 Å². The molecular formula is C19H17BrN2O2S3. The molecule has 1 N–H and O–H groups in total. The highest BCUT2D eigenvalue weighted by Gasteiger charge is 2.30. The van der Waals surface area contributed by atoms with E-state index in [9.17, 15) is 9.59 Å². The maximum Gasteiger partial charge on any atom is 0.260 e. The first-order valence-corrected chi connectivity index (χ1v) is 12.0. The molecule has 0 amide bonds. The van der Waals surface area contributed by atoms with Crippen LogP contribution in [-0.2, 0) is 12.2 Å². The van der Waals surface area contributed by atoms with Crippen LogP contribution in [0.25, 0.3) is 10.2 Å². The van der Waals surface area contributed by atoms with Crippen molar-refractivity contribution in [1.82, 2.24) is 9.97 Å². The predicted molar refractivity (Wildman–Crippen MR) is 119 cm³/mol. The van der Waals surface area contributed by atoms with Crippen molar-refractivity contribution in [2.45, 2.75) is 35.9 Å². The van der Waals surface area contributed by atoms with E-state index >= 15 is 0 Å². The zero-order valence-corrected chi connectivity index (χ0v) is 18.8. The summed E-state index contributed by atoms with van der Waals surface area (Å²) in [7, 11) is 0. The van der Waals surface area contributed by atoms with E-state index in [1.807, 2.05) is 23.9 Å². The lowest BCUT2D eigenvalue weighted by Crippen LogP contribution is -2.23. The van der Waals surface area contributed by atoms with Crippen LogP contribution in [0, 0.1) is 0 Å². The van der Waals surface area contributed by atoms with Gasteiger partial charge in [0.2, 0.25) is 0 Å². The number of H-pyrrole nitrogens is 1. The molecule has 3 heterocycles. The minimum Gasteiger partial charge on any atom is -0.301 e. The molecule has 0 bridgehead atoms. The summed E-state index contributed by atoms with van der Waals surface area (Å²) in [6.45, 7) is 4.42. The van der Waals surface area contributed by atoms with E-state index in [-0.39, 0.29) is 21.8 Å². The molecule has 0 atom stereocenters. The lowest BCUT2D eigenvalue weighted by molar-refractivity contribution is 0.102. The minimum absolute atomic E-state index is 0.0128. The Hall–Kier alpha value is -1.09. The van der Waals surface area contributed by atoms with Gasteiger partial charge in [0.15, 0.2) is 10.9 Å². The molecule has 0 radical (unpaired) electrons. The third-order valence-electron chi connectivity index (χ3n) is 4.43. The summed E-state index contributed by atoms with van der Waals surface area (Å²) in [5.74, 6) is 1.18. The molecule has 0 saturated carbocycles. The molecule has 0 spiro atoms. The number of hydrogen-bond acceptors (Lipinski definition) is 6. The van der Waals surface area contributed by atoms with Gasteiger partial charge >= 0.3 is 0 Å². The summed E-state index contributed by atoms with van der Waals surface area (Å²) in [6.07, 6.45) is 0.881. The van der Waals surface area contributed by atoms with Crippen LogP contribution in [0.1, 0.15) is 34.6 Å². The molecule has 0 aliphatic carbocycles. The Balaban J connectivity index is 1.58. The molecule has 1 aliphatic heterocycles. The van der Waals surface area contributed by atoms with E-state index in [0.717, 1.165) is 32.4 Å². The van der Waals surface area contributed by atoms with Gasteiger partial charge in [-0.05, 0) is 24.1 Å². The molecule has 4 nitrogen and oxygen atoms in total. The Bertz CT molecular complexity index is 1090. The van der Waals surface area contributed by atoms with Crippen LogP contribution in [-0.4, -0.2) is 26.3 Å². The lowest BCUT2D eigenvalue weighted by Gasteiger charge is -2.28. The number of nitrogens with zero attached hydrogens (tertiary/aromatic N) is 1. The fourth-order valence-corrected chi connectivity index (χ4v) is 6.47. The Morgan fingerprint density at radius 2 is 2.07 bits per heavy atom. The number of aromatic nitrogens is 2. The molecule has 4 rings (SSSR count). The Kier molecular flexibility index (Phi) is 5.26. The van der Waals surface area contributed by atoms with Crippen molar-refractivity contribution in [3.63, 3.8) is 0 Å².